The van der Waals surface area contributed by atoms with Crippen molar-refractivity contribution in [2.45, 2.75) is 25.2 Å². The first-order chi connectivity index (χ1) is 7.42. The van der Waals surface area contributed by atoms with E-state index >= 15 is 0 Å². The van der Waals surface area contributed by atoms with E-state index in [1.807, 2.05) is 18.2 Å². The Hall–Kier alpha value is -1.42. The Labute approximate surface area is 95.2 Å². The van der Waals surface area contributed by atoms with Crippen molar-refractivity contribution in [1.29, 1.82) is 0 Å². The lowest BCUT2D eigenvalue weighted by Crippen LogP contribution is -1.99. The molecule has 0 saturated carbocycles. The molecule has 1 atom stereocenters. The molecule has 1 unspecified atom stereocenters. The first-order valence-corrected chi connectivity index (χ1v) is 5.48. The van der Waals surface area contributed by atoms with Crippen LogP contribution < -0.4 is 0 Å². The maximum Gasteiger partial charge on any atom is 0.0784 e. The average molecular weight is 213 g/mol. The minimum absolute atomic E-state index is 0.321. The third-order valence-electron chi connectivity index (χ3n) is 2.55. The molecule has 15 heavy (non-hydrogen) atoms. The first-order valence-electron chi connectivity index (χ1n) is 5.07. The molecule has 1 nitrogen and oxygen atoms in total. The van der Waals surface area contributed by atoms with Crippen molar-refractivity contribution in [2.75, 3.05) is 0 Å². The summed E-state index contributed by atoms with van der Waals surface area (Å²) in [5.41, 5.74) is 2.09. The lowest BCUT2D eigenvalue weighted by Gasteiger charge is -2.14. The van der Waals surface area contributed by atoms with Gasteiger partial charge in [-0.25, -0.2) is 0 Å². The molecule has 1 aliphatic rings. The summed E-state index contributed by atoms with van der Waals surface area (Å²) in [4.78, 5) is 4.08. The zero-order valence-corrected chi connectivity index (χ0v) is 9.18. The molecule has 0 N–H and O–H groups in total. The Kier molecular flexibility index (Phi) is 3.29. The minimum atomic E-state index is 0.321. The summed E-state index contributed by atoms with van der Waals surface area (Å²) >= 11 is 4.64. The highest BCUT2D eigenvalue weighted by Crippen LogP contribution is 2.31. The fraction of sp³-hybridized carbons (Fsp3) is 0.308. The van der Waals surface area contributed by atoms with Gasteiger partial charge in [-0.3, -0.25) is 0 Å². The van der Waals surface area contributed by atoms with Crippen LogP contribution in [0, 0.1) is 11.8 Å². The average Bonchev–Trinajstić information content (AvgIpc) is 2.31. The third kappa shape index (κ3) is 2.33. The van der Waals surface area contributed by atoms with Crippen molar-refractivity contribution in [3.63, 3.8) is 0 Å². The summed E-state index contributed by atoms with van der Waals surface area (Å²) in [6.07, 6.45) is 3.32. The molecule has 0 saturated heterocycles. The van der Waals surface area contributed by atoms with Gasteiger partial charge in [0.1, 0.15) is 0 Å². The molecule has 1 aliphatic carbocycles. The molecule has 1 aromatic rings. The normalized spacial score (nSPS) is 18.5. The Bertz CT molecular complexity index is 461. The van der Waals surface area contributed by atoms with Gasteiger partial charge in [-0.15, -0.1) is 5.92 Å². The predicted octanol–water partition coefficient (Wildman–Crippen LogP) is 3.69. The monoisotopic (exact) mass is 213 g/mol. The van der Waals surface area contributed by atoms with E-state index in [1.165, 1.54) is 12.0 Å². The van der Waals surface area contributed by atoms with Crippen molar-refractivity contribution in [3.05, 3.63) is 29.8 Å². The standard InChI is InChI=1S/C13H11NS/c15-10-14-13-9-5-4-8-12(13)11-6-2-1-3-7-11/h4-5,8-9,11H,1-2,6H2. The van der Waals surface area contributed by atoms with E-state index < -0.39 is 0 Å². The van der Waals surface area contributed by atoms with Crippen LogP contribution >= 0.6 is 12.2 Å². The second-order valence-electron chi connectivity index (χ2n) is 3.53. The largest absolute Gasteiger partial charge is 0.194 e. The van der Waals surface area contributed by atoms with Crippen LogP contribution in [0.4, 0.5) is 5.69 Å². The summed E-state index contributed by atoms with van der Waals surface area (Å²) in [5.74, 6) is 6.75. The van der Waals surface area contributed by atoms with E-state index in [0.717, 1.165) is 18.5 Å². The van der Waals surface area contributed by atoms with Gasteiger partial charge in [-0.2, -0.15) is 4.99 Å². The molecule has 0 bridgehead atoms. The maximum atomic E-state index is 4.64. The quantitative estimate of drug-likeness (QED) is 0.414. The number of hydrogen-bond acceptors (Lipinski definition) is 2. The van der Waals surface area contributed by atoms with Crippen LogP contribution in [-0.4, -0.2) is 5.16 Å². The molecule has 0 aromatic heterocycles. The number of hydrogen-bond donors (Lipinski definition) is 0. The summed E-state index contributed by atoms with van der Waals surface area (Å²) in [7, 11) is 0. The third-order valence-corrected chi connectivity index (χ3v) is 2.64. The molecular weight excluding hydrogens is 202 g/mol. The molecule has 0 heterocycles. The van der Waals surface area contributed by atoms with Gasteiger partial charge in [-0.1, -0.05) is 24.1 Å². The van der Waals surface area contributed by atoms with Crippen LogP contribution in [-0.2, 0) is 0 Å². The smallest absolute Gasteiger partial charge is 0.0784 e. The number of nitrogens with zero attached hydrogens (tertiary/aromatic N) is 1. The summed E-state index contributed by atoms with van der Waals surface area (Å²) in [5, 5.41) is 2.42. The van der Waals surface area contributed by atoms with Gasteiger partial charge in [-0.05, 0) is 36.7 Å². The Morgan fingerprint density at radius 2 is 2.27 bits per heavy atom. The summed E-state index contributed by atoms with van der Waals surface area (Å²) in [6, 6.07) is 8.03. The number of benzene rings is 1. The van der Waals surface area contributed by atoms with Gasteiger partial charge in [0.15, 0.2) is 0 Å². The van der Waals surface area contributed by atoms with Crippen LogP contribution in [0.25, 0.3) is 0 Å². The number of thiocarbonyl (C=S) groups is 1. The van der Waals surface area contributed by atoms with Crippen molar-refractivity contribution in [1.82, 2.24) is 0 Å². The van der Waals surface area contributed by atoms with E-state index in [4.69, 9.17) is 0 Å². The van der Waals surface area contributed by atoms with E-state index in [-0.39, 0.29) is 0 Å². The Balaban J connectivity index is 2.40. The molecule has 0 amide bonds. The van der Waals surface area contributed by atoms with Crippen molar-refractivity contribution >= 4 is 23.1 Å². The van der Waals surface area contributed by atoms with Crippen molar-refractivity contribution in [2.24, 2.45) is 4.99 Å². The fourth-order valence-corrected chi connectivity index (χ4v) is 1.93. The minimum Gasteiger partial charge on any atom is -0.194 e. The van der Waals surface area contributed by atoms with Crippen LogP contribution in [0.3, 0.4) is 0 Å². The van der Waals surface area contributed by atoms with Crippen LogP contribution in [0.15, 0.2) is 29.3 Å². The van der Waals surface area contributed by atoms with Gasteiger partial charge in [0.25, 0.3) is 0 Å². The molecule has 0 fully saturated rings. The molecule has 74 valence electrons. The SMILES string of the molecule is S=C=Nc1ccccc1C1C#CCCC1. The molecule has 0 radical (unpaired) electrons. The predicted molar refractivity (Wildman–Crippen MR) is 65.5 cm³/mol. The number of isothiocyanates is 1. The number of rotatable bonds is 2. The van der Waals surface area contributed by atoms with Gasteiger partial charge in [0.05, 0.1) is 10.8 Å². The Morgan fingerprint density at radius 1 is 1.40 bits per heavy atom. The van der Waals surface area contributed by atoms with E-state index in [2.05, 4.69) is 40.3 Å². The fourth-order valence-electron chi connectivity index (χ4n) is 1.83. The molecule has 0 aliphatic heterocycles. The first kappa shape index (κ1) is 10.1. The zero-order chi connectivity index (χ0) is 10.5. The second kappa shape index (κ2) is 4.89. The molecule has 1 aromatic carbocycles. The van der Waals surface area contributed by atoms with Crippen LogP contribution in [0.1, 0.15) is 30.7 Å². The van der Waals surface area contributed by atoms with Crippen LogP contribution in [0.2, 0.25) is 0 Å². The highest BCUT2D eigenvalue weighted by molar-refractivity contribution is 7.78. The lowest BCUT2D eigenvalue weighted by molar-refractivity contribution is 0.687. The molecule has 0 spiro atoms. The molecule has 2 heteroatoms. The second-order valence-corrected chi connectivity index (χ2v) is 3.71. The highest BCUT2D eigenvalue weighted by atomic mass is 32.1. The zero-order valence-electron chi connectivity index (χ0n) is 8.36. The lowest BCUT2D eigenvalue weighted by atomic mass is 9.90. The van der Waals surface area contributed by atoms with E-state index in [0.29, 0.717) is 5.92 Å². The number of aliphatic imine (C=N–C) groups is 1. The van der Waals surface area contributed by atoms with Gasteiger partial charge in [0.2, 0.25) is 0 Å². The molecule has 2 rings (SSSR count). The summed E-state index contributed by atoms with van der Waals surface area (Å²) < 4.78 is 0. The maximum absolute atomic E-state index is 4.64. The van der Waals surface area contributed by atoms with Gasteiger partial charge in [0, 0.05) is 12.3 Å². The topological polar surface area (TPSA) is 12.4 Å². The summed E-state index contributed by atoms with van der Waals surface area (Å²) in [6.45, 7) is 0. The van der Waals surface area contributed by atoms with Crippen molar-refractivity contribution in [3.8, 4) is 11.8 Å². The highest BCUT2D eigenvalue weighted by Gasteiger charge is 2.13. The van der Waals surface area contributed by atoms with Gasteiger partial charge >= 0.3 is 0 Å². The van der Waals surface area contributed by atoms with Gasteiger partial charge < -0.3 is 0 Å². The van der Waals surface area contributed by atoms with Crippen molar-refractivity contribution < 1.29 is 0 Å². The van der Waals surface area contributed by atoms with Crippen LogP contribution in [0.5, 0.6) is 0 Å². The van der Waals surface area contributed by atoms with E-state index in [9.17, 15) is 0 Å². The molecular formula is C13H11NS. The number of para-hydroxylation sites is 1. The Morgan fingerprint density at radius 3 is 3.00 bits per heavy atom. The van der Waals surface area contributed by atoms with E-state index in [1.54, 1.807) is 0 Å².